The largest absolute Gasteiger partial charge is 0.392 e. The quantitative estimate of drug-likeness (QED) is 0.821. The van der Waals surface area contributed by atoms with Crippen LogP contribution in [0.3, 0.4) is 0 Å². The molecule has 0 saturated heterocycles. The van der Waals surface area contributed by atoms with Crippen LogP contribution in [-0.4, -0.2) is 16.9 Å². The summed E-state index contributed by atoms with van der Waals surface area (Å²) in [6.07, 6.45) is 1.68. The number of nitrogens with one attached hydrogen (secondary N) is 1. The topological polar surface area (TPSA) is 55.1 Å². The first-order valence-electron chi connectivity index (χ1n) is 5.40. The van der Waals surface area contributed by atoms with Crippen LogP contribution in [0.25, 0.3) is 0 Å². The van der Waals surface area contributed by atoms with E-state index in [0.717, 1.165) is 17.3 Å². The number of thiocarbonyl (C=S) groups is 1. The fourth-order valence-electron chi connectivity index (χ4n) is 1.42. The molecule has 17 heavy (non-hydrogen) atoms. The molecule has 1 aromatic rings. The van der Waals surface area contributed by atoms with Gasteiger partial charge in [-0.15, -0.1) is 0 Å². The Labute approximate surface area is 115 Å². The van der Waals surface area contributed by atoms with Crippen molar-refractivity contribution in [1.82, 2.24) is 5.32 Å². The van der Waals surface area contributed by atoms with Gasteiger partial charge in [-0.3, -0.25) is 4.79 Å². The zero-order valence-corrected chi connectivity index (χ0v) is 12.0. The molecule has 0 aliphatic heterocycles. The maximum Gasteiger partial charge on any atom is 0.251 e. The van der Waals surface area contributed by atoms with Gasteiger partial charge in [0.05, 0.1) is 11.0 Å². The molecule has 92 valence electrons. The predicted octanol–water partition coefficient (Wildman–Crippen LogP) is 2.63. The van der Waals surface area contributed by atoms with E-state index in [1.54, 1.807) is 12.1 Å². The Hall–Kier alpha value is -0.940. The molecule has 0 aliphatic carbocycles. The van der Waals surface area contributed by atoms with Crippen LogP contribution < -0.4 is 11.1 Å². The number of nitrogens with two attached hydrogens (primary N) is 1. The zero-order chi connectivity index (χ0) is 12.8. The molecule has 0 bridgehead atoms. The summed E-state index contributed by atoms with van der Waals surface area (Å²) in [6.45, 7) is 2.02. The van der Waals surface area contributed by atoms with E-state index in [-0.39, 0.29) is 11.9 Å². The molecule has 0 saturated carbocycles. The monoisotopic (exact) mass is 314 g/mol. The molecule has 0 fully saturated rings. The van der Waals surface area contributed by atoms with Crippen LogP contribution in [0.1, 0.15) is 30.1 Å². The molecule has 1 amide bonds. The molecule has 1 aromatic carbocycles. The summed E-state index contributed by atoms with van der Waals surface area (Å²) in [5, 5.41) is 2.83. The van der Waals surface area contributed by atoms with Crippen LogP contribution in [0.4, 0.5) is 0 Å². The van der Waals surface area contributed by atoms with E-state index in [9.17, 15) is 4.79 Å². The first-order valence-corrected chi connectivity index (χ1v) is 6.60. The Balaban J connectivity index is 2.70. The van der Waals surface area contributed by atoms with Gasteiger partial charge in [0.1, 0.15) is 0 Å². The Morgan fingerprint density at radius 1 is 1.47 bits per heavy atom. The van der Waals surface area contributed by atoms with Crippen LogP contribution in [0.15, 0.2) is 28.7 Å². The van der Waals surface area contributed by atoms with E-state index >= 15 is 0 Å². The highest BCUT2D eigenvalue weighted by atomic mass is 79.9. The van der Waals surface area contributed by atoms with E-state index in [0.29, 0.717) is 10.6 Å². The smallest absolute Gasteiger partial charge is 0.251 e. The predicted molar refractivity (Wildman–Crippen MR) is 77.1 cm³/mol. The van der Waals surface area contributed by atoms with Gasteiger partial charge in [-0.1, -0.05) is 41.5 Å². The molecule has 0 aliphatic rings. The van der Waals surface area contributed by atoms with Gasteiger partial charge in [-0.25, -0.2) is 0 Å². The highest BCUT2D eigenvalue weighted by molar-refractivity contribution is 9.10. The van der Waals surface area contributed by atoms with Crippen molar-refractivity contribution in [3.8, 4) is 0 Å². The van der Waals surface area contributed by atoms with Gasteiger partial charge in [0.2, 0.25) is 0 Å². The third kappa shape index (κ3) is 4.44. The summed E-state index contributed by atoms with van der Waals surface area (Å²) < 4.78 is 0.938. The lowest BCUT2D eigenvalue weighted by Gasteiger charge is -2.16. The molecule has 1 rings (SSSR count). The molecule has 0 radical (unpaired) electrons. The molecule has 0 heterocycles. The summed E-state index contributed by atoms with van der Waals surface area (Å²) in [6, 6.07) is 6.92. The van der Waals surface area contributed by atoms with E-state index in [2.05, 4.69) is 21.2 Å². The zero-order valence-electron chi connectivity index (χ0n) is 9.57. The SMILES string of the molecule is CCCC(NC(=O)c1ccc(Br)cc1)C(N)=S. The number of halogens is 1. The third-order valence-electron chi connectivity index (χ3n) is 2.33. The van der Waals surface area contributed by atoms with Crippen LogP contribution in [0.5, 0.6) is 0 Å². The Morgan fingerprint density at radius 3 is 2.53 bits per heavy atom. The first-order chi connectivity index (χ1) is 8.04. The van der Waals surface area contributed by atoms with Gasteiger partial charge < -0.3 is 11.1 Å². The molecule has 1 atom stereocenters. The minimum atomic E-state index is -0.230. The molecule has 0 spiro atoms. The second-order valence-electron chi connectivity index (χ2n) is 3.72. The van der Waals surface area contributed by atoms with Crippen molar-refractivity contribution in [1.29, 1.82) is 0 Å². The summed E-state index contributed by atoms with van der Waals surface area (Å²) in [4.78, 5) is 12.2. The summed E-state index contributed by atoms with van der Waals surface area (Å²) in [5.41, 5.74) is 6.18. The lowest BCUT2D eigenvalue weighted by Crippen LogP contribution is -2.43. The molecule has 5 heteroatoms. The number of amides is 1. The average molecular weight is 315 g/mol. The van der Waals surface area contributed by atoms with Gasteiger partial charge in [0, 0.05) is 10.0 Å². The van der Waals surface area contributed by atoms with E-state index in [1.165, 1.54) is 0 Å². The summed E-state index contributed by atoms with van der Waals surface area (Å²) in [5.74, 6) is -0.149. The van der Waals surface area contributed by atoms with E-state index in [1.807, 2.05) is 19.1 Å². The van der Waals surface area contributed by atoms with Gasteiger partial charge >= 0.3 is 0 Å². The van der Waals surface area contributed by atoms with Crippen molar-refractivity contribution in [3.63, 3.8) is 0 Å². The maximum atomic E-state index is 11.9. The van der Waals surface area contributed by atoms with E-state index < -0.39 is 0 Å². The fraction of sp³-hybridized carbons (Fsp3) is 0.333. The fourth-order valence-corrected chi connectivity index (χ4v) is 1.86. The molecule has 1 unspecified atom stereocenters. The first kappa shape index (κ1) is 14.1. The Kier molecular flexibility index (Phi) is 5.58. The molecular formula is C12H15BrN2OS. The number of benzene rings is 1. The highest BCUT2D eigenvalue weighted by Gasteiger charge is 2.14. The minimum absolute atomic E-state index is 0.149. The van der Waals surface area contributed by atoms with Gasteiger partial charge in [0.15, 0.2) is 0 Å². The normalized spacial score (nSPS) is 11.9. The van der Waals surface area contributed by atoms with Crippen LogP contribution in [0, 0.1) is 0 Å². The Morgan fingerprint density at radius 2 is 2.06 bits per heavy atom. The molecule has 3 N–H and O–H groups in total. The van der Waals surface area contributed by atoms with Crippen molar-refractivity contribution in [2.45, 2.75) is 25.8 Å². The van der Waals surface area contributed by atoms with Crippen LogP contribution in [-0.2, 0) is 0 Å². The number of carbonyl (C=O) groups excluding carboxylic acids is 1. The third-order valence-corrected chi connectivity index (χ3v) is 3.15. The van der Waals surface area contributed by atoms with E-state index in [4.69, 9.17) is 18.0 Å². The van der Waals surface area contributed by atoms with Gasteiger partial charge in [-0.05, 0) is 30.7 Å². The van der Waals surface area contributed by atoms with Crippen LogP contribution in [0.2, 0.25) is 0 Å². The highest BCUT2D eigenvalue weighted by Crippen LogP contribution is 2.10. The lowest BCUT2D eigenvalue weighted by molar-refractivity contribution is 0.0945. The van der Waals surface area contributed by atoms with Crippen molar-refractivity contribution in [2.75, 3.05) is 0 Å². The Bertz CT molecular complexity index is 405. The number of carbonyl (C=O) groups is 1. The number of hydrogen-bond donors (Lipinski definition) is 2. The maximum absolute atomic E-state index is 11.9. The van der Waals surface area contributed by atoms with Crippen molar-refractivity contribution >= 4 is 39.0 Å². The minimum Gasteiger partial charge on any atom is -0.392 e. The lowest BCUT2D eigenvalue weighted by atomic mass is 10.1. The second-order valence-corrected chi connectivity index (χ2v) is 5.11. The number of rotatable bonds is 5. The molecule has 3 nitrogen and oxygen atoms in total. The van der Waals surface area contributed by atoms with Gasteiger partial charge in [0.25, 0.3) is 5.91 Å². The van der Waals surface area contributed by atoms with Crippen LogP contribution >= 0.6 is 28.1 Å². The van der Waals surface area contributed by atoms with Crippen molar-refractivity contribution < 1.29 is 4.79 Å². The average Bonchev–Trinajstić information content (AvgIpc) is 2.29. The van der Waals surface area contributed by atoms with Gasteiger partial charge in [-0.2, -0.15) is 0 Å². The standard InChI is InChI=1S/C12H15BrN2OS/c1-2-3-10(11(14)17)15-12(16)8-4-6-9(13)7-5-8/h4-7,10H,2-3H2,1H3,(H2,14,17)(H,15,16). The number of hydrogen-bond acceptors (Lipinski definition) is 2. The summed E-state index contributed by atoms with van der Waals surface area (Å²) >= 11 is 8.25. The van der Waals surface area contributed by atoms with Crippen molar-refractivity contribution in [2.24, 2.45) is 5.73 Å². The summed E-state index contributed by atoms with van der Waals surface area (Å²) in [7, 11) is 0. The van der Waals surface area contributed by atoms with Crippen molar-refractivity contribution in [3.05, 3.63) is 34.3 Å². The molecule has 0 aromatic heterocycles. The molecular weight excluding hydrogens is 300 g/mol. The second kappa shape index (κ2) is 6.71.